The molecule has 6 aliphatic heterocycles. The Morgan fingerprint density at radius 2 is 0.578 bits per heavy atom. The third kappa shape index (κ3) is 11.4. The van der Waals surface area contributed by atoms with E-state index in [0.717, 1.165) is 55.9 Å². The predicted octanol–water partition coefficient (Wildman–Crippen LogP) is 17.8. The SMILES string of the molecule is C1=CC2=Nc3cc(-c4ccccc4)cc(n3)N(c3ccccc3)c3cc(-c4ccccc4)cc(n3)N=C3C=CC=CN3N2C=C1.C1=CN2C(=Nc3cccc(n3)N(c3ccccc3)c3cccc(n3)N=C3C=C(c4ccccc4)C=CN32)C=C1c1ccccc1. The van der Waals surface area contributed by atoms with Gasteiger partial charge >= 0.3 is 0 Å². The Bertz CT molecular complexity index is 4460. The van der Waals surface area contributed by atoms with Crippen molar-refractivity contribution < 1.29 is 0 Å². The largest absolute Gasteiger partial charge is 0.279 e. The molecule has 0 saturated heterocycles. The van der Waals surface area contributed by atoms with Crippen molar-refractivity contribution in [1.82, 2.24) is 40.0 Å². The van der Waals surface area contributed by atoms with Crippen molar-refractivity contribution in [2.75, 3.05) is 9.80 Å². The quantitative estimate of drug-likeness (QED) is 0.159. The Kier molecular flexibility index (Phi) is 14.6. The lowest BCUT2D eigenvalue weighted by molar-refractivity contribution is 0.270. The van der Waals surface area contributed by atoms with Crippen LogP contribution in [0.1, 0.15) is 11.1 Å². The van der Waals surface area contributed by atoms with Crippen LogP contribution in [0.3, 0.4) is 0 Å². The van der Waals surface area contributed by atoms with Gasteiger partial charge in [0.05, 0.1) is 0 Å². The van der Waals surface area contributed by atoms with Gasteiger partial charge in [-0.25, -0.2) is 59.9 Å². The molecule has 0 saturated carbocycles. The molecule has 90 heavy (non-hydrogen) atoms. The van der Waals surface area contributed by atoms with Crippen molar-refractivity contribution in [2.24, 2.45) is 20.0 Å². The van der Waals surface area contributed by atoms with Crippen molar-refractivity contribution in [2.45, 2.75) is 0 Å². The zero-order chi connectivity index (χ0) is 60.0. The number of anilines is 6. The van der Waals surface area contributed by atoms with Crippen LogP contribution in [0.4, 0.5) is 57.9 Å². The summed E-state index contributed by atoms with van der Waals surface area (Å²) in [6.07, 6.45) is 28.2. The first-order valence-corrected chi connectivity index (χ1v) is 29.5. The van der Waals surface area contributed by atoms with Crippen LogP contribution in [-0.4, -0.2) is 63.3 Å². The first kappa shape index (κ1) is 54.0. The van der Waals surface area contributed by atoms with E-state index in [1.165, 1.54) is 0 Å². The lowest BCUT2D eigenvalue weighted by atomic mass is 10.0. The van der Waals surface area contributed by atoms with Crippen LogP contribution in [-0.2, 0) is 0 Å². The van der Waals surface area contributed by atoms with Gasteiger partial charge in [-0.15, -0.1) is 0 Å². The summed E-state index contributed by atoms with van der Waals surface area (Å²) in [6.45, 7) is 0. The van der Waals surface area contributed by atoms with E-state index < -0.39 is 0 Å². The van der Waals surface area contributed by atoms with Gasteiger partial charge in [0.1, 0.15) is 23.3 Å². The number of benzene rings is 6. The molecule has 14 nitrogen and oxygen atoms in total. The van der Waals surface area contributed by atoms with Crippen molar-refractivity contribution in [1.29, 1.82) is 0 Å². The molecular weight excluding hydrogens is 1110 g/mol. The first-order chi connectivity index (χ1) is 44.6. The number of allylic oxidation sites excluding steroid dienone is 8. The van der Waals surface area contributed by atoms with Gasteiger partial charge in [-0.2, -0.15) is 0 Å². The second-order valence-electron chi connectivity index (χ2n) is 21.1. The fourth-order valence-electron chi connectivity index (χ4n) is 11.0. The lowest BCUT2D eigenvalue weighted by Gasteiger charge is -2.36. The van der Waals surface area contributed by atoms with Crippen LogP contribution in [0.5, 0.6) is 0 Å². The number of rotatable bonds is 6. The first-order valence-electron chi connectivity index (χ1n) is 29.5. The van der Waals surface area contributed by atoms with E-state index in [1.54, 1.807) is 0 Å². The number of hydrazine groups is 2. The summed E-state index contributed by atoms with van der Waals surface area (Å²) < 4.78 is 0. The van der Waals surface area contributed by atoms with Gasteiger partial charge in [0.15, 0.2) is 46.6 Å². The van der Waals surface area contributed by atoms with Crippen molar-refractivity contribution in [3.8, 4) is 22.3 Å². The van der Waals surface area contributed by atoms with Crippen LogP contribution in [0.15, 0.2) is 348 Å². The maximum Gasteiger partial charge on any atom is 0.157 e. The molecule has 428 valence electrons. The summed E-state index contributed by atoms with van der Waals surface area (Å²) in [5, 5.41) is 7.91. The maximum atomic E-state index is 5.16. The van der Waals surface area contributed by atoms with E-state index in [9.17, 15) is 0 Å². The molecule has 0 unspecified atom stereocenters. The molecular formula is C76H54N14. The molecule has 0 aliphatic carbocycles. The third-order valence-electron chi connectivity index (χ3n) is 15.3. The van der Waals surface area contributed by atoms with E-state index in [4.69, 9.17) is 39.9 Å². The van der Waals surface area contributed by atoms with Crippen LogP contribution in [0.25, 0.3) is 33.4 Å². The monoisotopic (exact) mass is 1160 g/mol. The van der Waals surface area contributed by atoms with Crippen LogP contribution >= 0.6 is 0 Å². The van der Waals surface area contributed by atoms with Gasteiger partial charge in [-0.1, -0.05) is 182 Å². The Morgan fingerprint density at radius 3 is 0.989 bits per heavy atom. The second kappa shape index (κ2) is 24.4. The van der Waals surface area contributed by atoms with E-state index in [-0.39, 0.29) is 0 Å². The number of nitrogens with zero attached hydrogens (tertiary/aromatic N) is 14. The average Bonchev–Trinajstić information content (AvgIpc) is 1.50. The van der Waals surface area contributed by atoms with E-state index in [2.05, 4.69) is 102 Å². The van der Waals surface area contributed by atoms with Crippen molar-refractivity contribution in [3.05, 3.63) is 339 Å². The van der Waals surface area contributed by atoms with E-state index in [0.29, 0.717) is 69.9 Å². The number of para-hydroxylation sites is 2. The minimum Gasteiger partial charge on any atom is -0.279 e. The van der Waals surface area contributed by atoms with Gasteiger partial charge in [0.2, 0.25) is 0 Å². The topological polar surface area (TPSA) is 120 Å². The molecule has 6 aromatic carbocycles. The highest BCUT2D eigenvalue weighted by Gasteiger charge is 2.28. The minimum absolute atomic E-state index is 0.570. The molecule has 0 radical (unpaired) electrons. The fraction of sp³-hybridized carbons (Fsp3) is 0. The molecule has 0 fully saturated rings. The molecule has 0 N–H and O–H groups in total. The van der Waals surface area contributed by atoms with Gasteiger partial charge in [0, 0.05) is 36.2 Å². The summed E-state index contributed by atoms with van der Waals surface area (Å²) in [5.41, 5.74) is 10.3. The van der Waals surface area contributed by atoms with Crippen molar-refractivity contribution in [3.63, 3.8) is 0 Å². The Balaban J connectivity index is 0.000000150. The highest BCUT2D eigenvalue weighted by molar-refractivity contribution is 6.09. The summed E-state index contributed by atoms with van der Waals surface area (Å²) in [7, 11) is 0. The molecule has 16 rings (SSSR count). The number of hydrogen-bond acceptors (Lipinski definition) is 14. The maximum absolute atomic E-state index is 5.16. The normalized spacial score (nSPS) is 15.1. The van der Waals surface area contributed by atoms with Gasteiger partial charge in [-0.3, -0.25) is 9.80 Å². The van der Waals surface area contributed by atoms with E-state index in [1.807, 2.05) is 256 Å². The summed E-state index contributed by atoms with van der Waals surface area (Å²) in [6, 6.07) is 81.5. The van der Waals surface area contributed by atoms with Crippen molar-refractivity contribution >= 4 is 92.4 Å². The summed E-state index contributed by atoms with van der Waals surface area (Å²) in [5.74, 6) is 7.86. The Morgan fingerprint density at radius 1 is 0.233 bits per heavy atom. The molecule has 8 bridgehead atoms. The highest BCUT2D eigenvalue weighted by atomic mass is 15.7. The number of hydrogen-bond donors (Lipinski definition) is 0. The zero-order valence-electron chi connectivity index (χ0n) is 48.4. The highest BCUT2D eigenvalue weighted by Crippen LogP contribution is 2.41. The molecule has 0 atom stereocenters. The number of aliphatic imine (C=N–C) groups is 4. The Hall–Kier alpha value is -12.7. The molecule has 0 amide bonds. The standard InChI is InChI=1S/2C38H27N7/c1-4-14-28(15-5-1)30-24-33-39-35-20-10-12-22-43(35)44-23-13-11-21-36(44)40-34-25-31(29-16-6-2-7-17-29)27-38(42-34)45(37(26-30)41-33)32-18-8-3-9-19-32;1-4-12-28(13-5-1)30-22-24-43-37(26-30)41-33-18-10-20-35(39-33)45(32-16-8-3-9-17-32)36-21-11-19-34(40-36)42-38-27-31(23-25-44(38)43)29-14-6-2-7-15-29/h2*1-27H. The van der Waals surface area contributed by atoms with Gasteiger partial charge in [-0.05, 0) is 166 Å². The number of amidine groups is 4. The molecule has 10 aromatic rings. The molecule has 10 heterocycles. The second-order valence-corrected chi connectivity index (χ2v) is 21.1. The molecule has 14 heteroatoms. The Labute approximate surface area is 521 Å². The zero-order valence-corrected chi connectivity index (χ0v) is 48.4. The van der Waals surface area contributed by atoms with E-state index >= 15 is 0 Å². The fourth-order valence-corrected chi connectivity index (χ4v) is 11.0. The lowest BCUT2D eigenvalue weighted by Crippen LogP contribution is -2.44. The number of pyridine rings is 4. The number of fused-ring (bicyclic) bond motifs is 14. The van der Waals surface area contributed by atoms with Crippen LogP contribution in [0.2, 0.25) is 0 Å². The smallest absolute Gasteiger partial charge is 0.157 e. The summed E-state index contributed by atoms with van der Waals surface area (Å²) in [4.78, 5) is 44.9. The van der Waals surface area contributed by atoms with Gasteiger partial charge in [0.25, 0.3) is 0 Å². The number of aromatic nitrogens is 4. The molecule has 6 aliphatic rings. The molecule has 0 spiro atoms. The summed E-state index contributed by atoms with van der Waals surface area (Å²) >= 11 is 0. The van der Waals surface area contributed by atoms with Crippen LogP contribution in [0, 0.1) is 0 Å². The predicted molar refractivity (Wildman–Crippen MR) is 364 cm³/mol. The average molecular weight is 1160 g/mol. The van der Waals surface area contributed by atoms with Crippen LogP contribution < -0.4 is 9.80 Å². The minimum atomic E-state index is 0.570. The van der Waals surface area contributed by atoms with Gasteiger partial charge < -0.3 is 0 Å². The molecule has 4 aromatic heterocycles. The third-order valence-corrected chi connectivity index (χ3v) is 15.3.